The van der Waals surface area contributed by atoms with Gasteiger partial charge >= 0.3 is 12.0 Å². The molecule has 1 aromatic rings. The van der Waals surface area contributed by atoms with Crippen LogP contribution >= 0.6 is 11.3 Å². The first-order valence-electron chi connectivity index (χ1n) is 4.75. The summed E-state index contributed by atoms with van der Waals surface area (Å²) in [5.74, 6) is -1.36. The number of urea groups is 1. The summed E-state index contributed by atoms with van der Waals surface area (Å²) in [6.07, 6.45) is -0.164. The molecule has 0 radical (unpaired) electrons. The molecule has 0 spiro atoms. The standard InChI is InChI=1S/C10H12N2O4S/c1-6(13)12(2)10(16)11-9-7(3-4-17-9)5-8(14)15/h3-4H,5H2,1-2H3,(H,11,16)(H,14,15). The summed E-state index contributed by atoms with van der Waals surface area (Å²) in [6, 6.07) is 1.05. The van der Waals surface area contributed by atoms with Crippen LogP contribution in [0.2, 0.25) is 0 Å². The topological polar surface area (TPSA) is 86.7 Å². The Labute approximate surface area is 102 Å². The molecule has 2 N–H and O–H groups in total. The van der Waals surface area contributed by atoms with E-state index in [1.165, 1.54) is 25.3 Å². The number of carbonyl (C=O) groups is 3. The molecule has 1 rings (SSSR count). The van der Waals surface area contributed by atoms with Crippen molar-refractivity contribution in [1.82, 2.24) is 4.90 Å². The zero-order valence-corrected chi connectivity index (χ0v) is 10.2. The van der Waals surface area contributed by atoms with E-state index in [4.69, 9.17) is 5.11 Å². The van der Waals surface area contributed by atoms with Crippen molar-refractivity contribution in [2.75, 3.05) is 12.4 Å². The van der Waals surface area contributed by atoms with Crippen molar-refractivity contribution in [3.63, 3.8) is 0 Å². The van der Waals surface area contributed by atoms with Gasteiger partial charge in [-0.1, -0.05) is 0 Å². The molecule has 0 bridgehead atoms. The predicted molar refractivity (Wildman–Crippen MR) is 63.1 cm³/mol. The number of aliphatic carboxylic acids is 1. The molecule has 0 saturated heterocycles. The predicted octanol–water partition coefficient (Wildman–Crippen LogP) is 1.39. The molecular weight excluding hydrogens is 244 g/mol. The Kier molecular flexibility index (Phi) is 4.22. The third kappa shape index (κ3) is 3.56. The lowest BCUT2D eigenvalue weighted by Crippen LogP contribution is -2.34. The maximum atomic E-state index is 11.5. The first-order chi connectivity index (χ1) is 7.91. The number of hydrogen-bond donors (Lipinski definition) is 2. The average Bonchev–Trinajstić information content (AvgIpc) is 2.63. The summed E-state index contributed by atoms with van der Waals surface area (Å²) in [6.45, 7) is 1.27. The minimum Gasteiger partial charge on any atom is -0.481 e. The number of imide groups is 1. The second-order valence-electron chi connectivity index (χ2n) is 3.35. The summed E-state index contributed by atoms with van der Waals surface area (Å²) in [4.78, 5) is 34.0. The molecule has 6 nitrogen and oxygen atoms in total. The molecule has 0 unspecified atom stereocenters. The van der Waals surface area contributed by atoms with E-state index in [9.17, 15) is 14.4 Å². The maximum absolute atomic E-state index is 11.5. The van der Waals surface area contributed by atoms with Crippen molar-refractivity contribution < 1.29 is 19.5 Å². The van der Waals surface area contributed by atoms with Gasteiger partial charge in [0.15, 0.2) is 0 Å². The Morgan fingerprint density at radius 1 is 1.47 bits per heavy atom. The van der Waals surface area contributed by atoms with E-state index in [-0.39, 0.29) is 12.3 Å². The highest BCUT2D eigenvalue weighted by molar-refractivity contribution is 7.14. The molecule has 92 valence electrons. The summed E-state index contributed by atoms with van der Waals surface area (Å²) in [5.41, 5.74) is 0.521. The first-order valence-corrected chi connectivity index (χ1v) is 5.63. The lowest BCUT2D eigenvalue weighted by atomic mass is 10.2. The van der Waals surface area contributed by atoms with Crippen molar-refractivity contribution in [3.05, 3.63) is 17.0 Å². The number of thiophene rings is 1. The summed E-state index contributed by atoms with van der Waals surface area (Å²) < 4.78 is 0. The van der Waals surface area contributed by atoms with E-state index in [0.29, 0.717) is 10.6 Å². The summed E-state index contributed by atoms with van der Waals surface area (Å²) in [5, 5.41) is 13.3. The SMILES string of the molecule is CC(=O)N(C)C(=O)Nc1sccc1CC(=O)O. The smallest absolute Gasteiger partial charge is 0.328 e. The van der Waals surface area contributed by atoms with Crippen LogP contribution in [-0.2, 0) is 16.0 Å². The van der Waals surface area contributed by atoms with E-state index in [1.54, 1.807) is 11.4 Å². The average molecular weight is 256 g/mol. The Morgan fingerprint density at radius 2 is 2.12 bits per heavy atom. The summed E-state index contributed by atoms with van der Waals surface area (Å²) >= 11 is 1.22. The van der Waals surface area contributed by atoms with Crippen LogP contribution in [0.4, 0.5) is 9.80 Å². The van der Waals surface area contributed by atoms with Crippen LogP contribution in [0.3, 0.4) is 0 Å². The molecule has 0 aliphatic rings. The Hall–Kier alpha value is -1.89. The van der Waals surface area contributed by atoms with E-state index in [0.717, 1.165) is 4.90 Å². The number of rotatable bonds is 3. The molecule has 0 saturated carbocycles. The zero-order chi connectivity index (χ0) is 13.0. The van der Waals surface area contributed by atoms with Gasteiger partial charge in [0, 0.05) is 14.0 Å². The van der Waals surface area contributed by atoms with Gasteiger partial charge in [-0.3, -0.25) is 19.8 Å². The molecule has 1 heterocycles. The molecular formula is C10H12N2O4S. The number of anilines is 1. The number of nitrogens with one attached hydrogen (secondary N) is 1. The van der Waals surface area contributed by atoms with Gasteiger partial charge in [-0.25, -0.2) is 4.79 Å². The number of nitrogens with zero attached hydrogens (tertiary/aromatic N) is 1. The molecule has 0 aromatic carbocycles. The normalized spacial score (nSPS) is 9.76. The summed E-state index contributed by atoms with van der Waals surface area (Å²) in [7, 11) is 1.35. The Morgan fingerprint density at radius 3 is 2.65 bits per heavy atom. The fraction of sp³-hybridized carbons (Fsp3) is 0.300. The second-order valence-corrected chi connectivity index (χ2v) is 4.27. The zero-order valence-electron chi connectivity index (χ0n) is 9.39. The molecule has 0 fully saturated rings. The number of hydrogen-bond acceptors (Lipinski definition) is 4. The fourth-order valence-electron chi connectivity index (χ4n) is 1.07. The van der Waals surface area contributed by atoms with Gasteiger partial charge in [0.25, 0.3) is 0 Å². The highest BCUT2D eigenvalue weighted by Crippen LogP contribution is 2.23. The van der Waals surface area contributed by atoms with Gasteiger partial charge in [-0.2, -0.15) is 0 Å². The molecule has 17 heavy (non-hydrogen) atoms. The molecule has 0 atom stereocenters. The lowest BCUT2D eigenvalue weighted by Gasteiger charge is -2.13. The van der Waals surface area contributed by atoms with Gasteiger partial charge < -0.3 is 5.11 Å². The van der Waals surface area contributed by atoms with E-state index >= 15 is 0 Å². The molecule has 3 amide bonds. The quantitative estimate of drug-likeness (QED) is 0.855. The van der Waals surface area contributed by atoms with Gasteiger partial charge in [0.2, 0.25) is 5.91 Å². The number of amides is 3. The van der Waals surface area contributed by atoms with E-state index in [2.05, 4.69) is 5.32 Å². The van der Waals surface area contributed by atoms with Crippen LogP contribution in [0.25, 0.3) is 0 Å². The molecule has 0 aliphatic carbocycles. The lowest BCUT2D eigenvalue weighted by molar-refractivity contribution is -0.136. The van der Waals surface area contributed by atoms with Gasteiger partial charge in [0.05, 0.1) is 6.42 Å². The number of carboxylic acid groups (broad SMARTS) is 1. The fourth-order valence-corrected chi connectivity index (χ4v) is 1.88. The van der Waals surface area contributed by atoms with Crippen LogP contribution < -0.4 is 5.32 Å². The monoisotopic (exact) mass is 256 g/mol. The van der Waals surface area contributed by atoms with Crippen molar-refractivity contribution in [2.45, 2.75) is 13.3 Å². The maximum Gasteiger partial charge on any atom is 0.328 e. The molecule has 0 aliphatic heterocycles. The highest BCUT2D eigenvalue weighted by Gasteiger charge is 2.16. The van der Waals surface area contributed by atoms with Crippen LogP contribution in [0.15, 0.2) is 11.4 Å². The van der Waals surface area contributed by atoms with Gasteiger partial charge in [-0.05, 0) is 17.0 Å². The molecule has 1 aromatic heterocycles. The van der Waals surface area contributed by atoms with Crippen LogP contribution in [-0.4, -0.2) is 35.0 Å². The van der Waals surface area contributed by atoms with Crippen molar-refractivity contribution >= 4 is 34.2 Å². The van der Waals surface area contributed by atoms with Crippen molar-refractivity contribution in [2.24, 2.45) is 0 Å². The highest BCUT2D eigenvalue weighted by atomic mass is 32.1. The van der Waals surface area contributed by atoms with Crippen molar-refractivity contribution in [3.8, 4) is 0 Å². The molecule has 7 heteroatoms. The number of carboxylic acids is 1. The Bertz CT molecular complexity index is 455. The third-order valence-electron chi connectivity index (χ3n) is 2.09. The largest absolute Gasteiger partial charge is 0.481 e. The number of carbonyl (C=O) groups excluding carboxylic acids is 2. The minimum atomic E-state index is -0.973. The first kappa shape index (κ1) is 13.2. The van der Waals surface area contributed by atoms with Crippen molar-refractivity contribution in [1.29, 1.82) is 0 Å². The van der Waals surface area contributed by atoms with E-state index < -0.39 is 12.0 Å². The minimum absolute atomic E-state index is 0.164. The van der Waals surface area contributed by atoms with Crippen LogP contribution in [0.1, 0.15) is 12.5 Å². The third-order valence-corrected chi connectivity index (χ3v) is 2.96. The van der Waals surface area contributed by atoms with Gasteiger partial charge in [-0.15, -0.1) is 11.3 Å². The van der Waals surface area contributed by atoms with Crippen LogP contribution in [0.5, 0.6) is 0 Å². The van der Waals surface area contributed by atoms with Crippen LogP contribution in [0, 0.1) is 0 Å². The Balaban J connectivity index is 2.75. The van der Waals surface area contributed by atoms with Gasteiger partial charge in [0.1, 0.15) is 5.00 Å². The van der Waals surface area contributed by atoms with E-state index in [1.807, 2.05) is 0 Å². The second kappa shape index (κ2) is 5.44.